The molecule has 0 saturated heterocycles. The van der Waals surface area contributed by atoms with Crippen LogP contribution in [0.1, 0.15) is 0 Å². The fourth-order valence-electron chi connectivity index (χ4n) is 0.715. The van der Waals surface area contributed by atoms with Crippen LogP contribution in [0.2, 0.25) is 0 Å². The fourth-order valence-corrected chi connectivity index (χ4v) is 1.71. The van der Waals surface area contributed by atoms with Crippen LogP contribution in [-0.2, 0) is 13.9 Å². The van der Waals surface area contributed by atoms with Crippen LogP contribution in [0.5, 0.6) is 0 Å². The van der Waals surface area contributed by atoms with Gasteiger partial charge in [-0.25, -0.2) is 0 Å². The van der Waals surface area contributed by atoms with Crippen molar-refractivity contribution in [3.63, 3.8) is 0 Å². The van der Waals surface area contributed by atoms with E-state index in [-0.39, 0.29) is 19.3 Å². The van der Waals surface area contributed by atoms with Gasteiger partial charge >= 0.3 is 7.60 Å². The van der Waals surface area contributed by atoms with E-state index in [2.05, 4.69) is 0 Å². The van der Waals surface area contributed by atoms with E-state index in [0.29, 0.717) is 6.41 Å². The van der Waals surface area contributed by atoms with Gasteiger partial charge in [-0.15, -0.1) is 0 Å². The van der Waals surface area contributed by atoms with Crippen molar-refractivity contribution >= 4 is 22.0 Å². The highest BCUT2D eigenvalue weighted by Crippen LogP contribution is 2.33. The Bertz CT molecular complexity index is 251. The standard InChI is InChI=1S/C5H13NO6P2/c7-5-6(1-3-13(8)9)2-4-14(10,11)12/h5,13H,1-4H2,(H,8,9)(H2,10,11,12). The number of hydrogen-bond donors (Lipinski definition) is 3. The van der Waals surface area contributed by atoms with Crippen LogP contribution in [0.4, 0.5) is 0 Å². The number of amides is 1. The summed E-state index contributed by atoms with van der Waals surface area (Å²) < 4.78 is 20.7. The topological polar surface area (TPSA) is 115 Å². The Balaban J connectivity index is 3.86. The van der Waals surface area contributed by atoms with E-state index in [1.807, 2.05) is 0 Å². The van der Waals surface area contributed by atoms with Gasteiger partial charge in [0.15, 0.2) is 8.03 Å². The summed E-state index contributed by atoms with van der Waals surface area (Å²) >= 11 is 0. The van der Waals surface area contributed by atoms with Crippen molar-refractivity contribution in [2.24, 2.45) is 0 Å². The van der Waals surface area contributed by atoms with Crippen LogP contribution in [0.25, 0.3) is 0 Å². The molecule has 0 saturated carbocycles. The quantitative estimate of drug-likeness (QED) is 0.395. The largest absolute Gasteiger partial charge is 0.346 e. The van der Waals surface area contributed by atoms with Crippen LogP contribution in [0.3, 0.4) is 0 Å². The summed E-state index contributed by atoms with van der Waals surface area (Å²) in [6.45, 7) is -0.0687. The van der Waals surface area contributed by atoms with Crippen LogP contribution in [0.15, 0.2) is 0 Å². The maximum atomic E-state index is 10.4. The van der Waals surface area contributed by atoms with E-state index in [1.165, 1.54) is 0 Å². The summed E-state index contributed by atoms with van der Waals surface area (Å²) in [7, 11) is -6.75. The summed E-state index contributed by atoms with van der Waals surface area (Å²) in [6, 6.07) is 0. The molecule has 0 bridgehead atoms. The molecule has 84 valence electrons. The first-order chi connectivity index (χ1) is 6.35. The van der Waals surface area contributed by atoms with Crippen molar-refractivity contribution in [2.75, 3.05) is 25.4 Å². The molecule has 0 radical (unpaired) electrons. The van der Waals surface area contributed by atoms with E-state index in [9.17, 15) is 13.9 Å². The van der Waals surface area contributed by atoms with Gasteiger partial charge in [0.2, 0.25) is 6.41 Å². The third kappa shape index (κ3) is 8.41. The maximum absolute atomic E-state index is 10.4. The summed E-state index contributed by atoms with van der Waals surface area (Å²) in [5.41, 5.74) is 0. The number of carbonyl (C=O) groups is 1. The molecule has 0 aromatic rings. The van der Waals surface area contributed by atoms with Crippen LogP contribution < -0.4 is 0 Å². The minimum atomic E-state index is -4.11. The first-order valence-electron chi connectivity index (χ1n) is 3.81. The minimum Gasteiger partial charge on any atom is -0.346 e. The van der Waals surface area contributed by atoms with Crippen molar-refractivity contribution in [1.29, 1.82) is 0 Å². The molecule has 0 aromatic heterocycles. The minimum absolute atomic E-state index is 0.0395. The smallest absolute Gasteiger partial charge is 0.327 e. The normalized spacial score (nSPS) is 13.6. The predicted molar refractivity (Wildman–Crippen MR) is 50.6 cm³/mol. The van der Waals surface area contributed by atoms with Crippen molar-refractivity contribution in [1.82, 2.24) is 4.90 Å². The number of nitrogens with zero attached hydrogens (tertiary/aromatic N) is 1. The van der Waals surface area contributed by atoms with Gasteiger partial charge in [-0.05, 0) is 0 Å². The van der Waals surface area contributed by atoms with Gasteiger partial charge in [0.1, 0.15) is 0 Å². The molecule has 1 unspecified atom stereocenters. The van der Waals surface area contributed by atoms with Gasteiger partial charge in [0.05, 0.1) is 6.16 Å². The monoisotopic (exact) mass is 245 g/mol. The van der Waals surface area contributed by atoms with Crippen LogP contribution in [0, 0.1) is 0 Å². The summed E-state index contributed by atoms with van der Waals surface area (Å²) in [6.07, 6.45) is -0.0802. The lowest BCUT2D eigenvalue weighted by molar-refractivity contribution is -0.117. The van der Waals surface area contributed by atoms with Crippen molar-refractivity contribution in [3.8, 4) is 0 Å². The second-order valence-corrected chi connectivity index (χ2v) is 5.74. The Hall–Kier alpha value is -0.190. The third-order valence-corrected chi connectivity index (χ3v) is 2.87. The summed E-state index contributed by atoms with van der Waals surface area (Å²) in [5.74, 6) is 0. The molecule has 1 amide bonds. The zero-order chi connectivity index (χ0) is 11.2. The van der Waals surface area contributed by atoms with E-state index < -0.39 is 21.8 Å². The van der Waals surface area contributed by atoms with Gasteiger partial charge in [-0.1, -0.05) is 0 Å². The van der Waals surface area contributed by atoms with Gasteiger partial charge in [0.25, 0.3) is 0 Å². The molecule has 1 atom stereocenters. The lowest BCUT2D eigenvalue weighted by Crippen LogP contribution is -2.27. The Morgan fingerprint density at radius 3 is 2.29 bits per heavy atom. The highest BCUT2D eigenvalue weighted by atomic mass is 31.2. The summed E-state index contributed by atoms with van der Waals surface area (Å²) in [5, 5.41) is 0. The van der Waals surface area contributed by atoms with Crippen LogP contribution in [-0.4, -0.2) is 51.4 Å². The van der Waals surface area contributed by atoms with Crippen molar-refractivity contribution < 1.29 is 28.6 Å². The Kier molecular flexibility index (Phi) is 6.24. The Morgan fingerprint density at radius 1 is 1.36 bits per heavy atom. The van der Waals surface area contributed by atoms with Gasteiger partial charge < -0.3 is 19.6 Å². The Morgan fingerprint density at radius 2 is 1.93 bits per heavy atom. The predicted octanol–water partition coefficient (Wildman–Crippen LogP) is -0.911. The molecule has 3 N–H and O–H groups in total. The van der Waals surface area contributed by atoms with Gasteiger partial charge in [-0.3, -0.25) is 13.9 Å². The first kappa shape index (κ1) is 13.8. The molecule has 7 nitrogen and oxygen atoms in total. The molecule has 0 spiro atoms. The maximum Gasteiger partial charge on any atom is 0.327 e. The van der Waals surface area contributed by atoms with Crippen molar-refractivity contribution in [2.45, 2.75) is 0 Å². The zero-order valence-corrected chi connectivity index (χ0v) is 9.26. The van der Waals surface area contributed by atoms with E-state index >= 15 is 0 Å². The lowest BCUT2D eigenvalue weighted by Gasteiger charge is -2.16. The summed E-state index contributed by atoms with van der Waals surface area (Å²) in [4.78, 5) is 36.9. The van der Waals surface area contributed by atoms with E-state index in [4.69, 9.17) is 14.7 Å². The van der Waals surface area contributed by atoms with Gasteiger partial charge in [0, 0.05) is 19.3 Å². The molecule has 0 aliphatic heterocycles. The molecule has 0 aliphatic carbocycles. The van der Waals surface area contributed by atoms with E-state index in [1.54, 1.807) is 0 Å². The van der Waals surface area contributed by atoms with Gasteiger partial charge in [-0.2, -0.15) is 0 Å². The Labute approximate surface area is 81.8 Å². The molecule has 0 aromatic carbocycles. The highest BCUT2D eigenvalue weighted by molar-refractivity contribution is 7.51. The van der Waals surface area contributed by atoms with E-state index in [0.717, 1.165) is 4.90 Å². The number of hydrogen-bond acceptors (Lipinski definition) is 3. The molecule has 14 heavy (non-hydrogen) atoms. The fraction of sp³-hybridized carbons (Fsp3) is 0.800. The molecule has 9 heteroatoms. The molecule has 0 rings (SSSR count). The first-order valence-corrected chi connectivity index (χ1v) is 7.17. The zero-order valence-electron chi connectivity index (χ0n) is 7.37. The average Bonchev–Trinajstić information content (AvgIpc) is 2.02. The number of rotatable bonds is 7. The molecular formula is C5H13NO6P2. The molecular weight excluding hydrogens is 232 g/mol. The average molecular weight is 245 g/mol. The third-order valence-electron chi connectivity index (χ3n) is 1.44. The molecule has 0 heterocycles. The lowest BCUT2D eigenvalue weighted by atomic mass is 10.6. The second-order valence-electron chi connectivity index (χ2n) is 2.67. The SMILES string of the molecule is O=CN(CC[PH](=O)O)CCP(=O)(O)O. The second kappa shape index (κ2) is 6.32. The molecule has 0 aliphatic rings. The highest BCUT2D eigenvalue weighted by Gasteiger charge is 2.14. The number of carbonyl (C=O) groups excluding carboxylic acids is 1. The molecule has 0 fully saturated rings. The van der Waals surface area contributed by atoms with Crippen molar-refractivity contribution in [3.05, 3.63) is 0 Å². The van der Waals surface area contributed by atoms with Crippen LogP contribution >= 0.6 is 15.6 Å².